The van der Waals surface area contributed by atoms with Gasteiger partial charge in [-0.05, 0) is 0 Å². The third-order valence-corrected chi connectivity index (χ3v) is 6.47. The zero-order chi connectivity index (χ0) is 15.8. The molecule has 1 unspecified atom stereocenters. The van der Waals surface area contributed by atoms with Gasteiger partial charge in [0.2, 0.25) is 0 Å². The summed E-state index contributed by atoms with van der Waals surface area (Å²) in [6.07, 6.45) is 0. The minimum absolute atomic E-state index is 0.0458. The lowest BCUT2D eigenvalue weighted by Gasteiger charge is -2.31. The standard InChI is InChI=1S/C9H9ClN2O7S2/c10-8-5(12(15)16)3-7(20-8)21(17,18)11-1-2-19-4-6(11)9(13)14/h3,6H,1-2,4H2,(H,13,14). The Hall–Kier alpha value is -1.27. The Morgan fingerprint density at radius 3 is 2.81 bits per heavy atom. The second-order valence-electron chi connectivity index (χ2n) is 4.03. The molecule has 116 valence electrons. The van der Waals surface area contributed by atoms with Crippen LogP contribution in [0.1, 0.15) is 0 Å². The highest BCUT2D eigenvalue weighted by Crippen LogP contribution is 2.38. The van der Waals surface area contributed by atoms with Crippen LogP contribution in [0.15, 0.2) is 10.3 Å². The van der Waals surface area contributed by atoms with Crippen LogP contribution in [0.3, 0.4) is 0 Å². The van der Waals surface area contributed by atoms with Crippen molar-refractivity contribution < 1.29 is 28.0 Å². The van der Waals surface area contributed by atoms with Crippen LogP contribution in [0.25, 0.3) is 0 Å². The molecule has 0 bridgehead atoms. The molecule has 1 atom stereocenters. The maximum absolute atomic E-state index is 12.4. The molecule has 0 aliphatic carbocycles. The van der Waals surface area contributed by atoms with E-state index >= 15 is 0 Å². The van der Waals surface area contributed by atoms with Gasteiger partial charge in [0.15, 0.2) is 4.34 Å². The SMILES string of the molecule is O=C(O)C1COCCN1S(=O)(=O)c1cc([N+](=O)[O-])c(Cl)s1. The Balaban J connectivity index is 2.43. The molecule has 1 saturated heterocycles. The number of rotatable bonds is 4. The molecule has 1 aromatic heterocycles. The molecule has 2 rings (SSSR count). The Bertz CT molecular complexity index is 686. The lowest BCUT2D eigenvalue weighted by molar-refractivity contribution is -0.384. The van der Waals surface area contributed by atoms with Crippen molar-refractivity contribution in [3.8, 4) is 0 Å². The summed E-state index contributed by atoms with van der Waals surface area (Å²) in [6, 6.07) is -0.542. The number of thiophene rings is 1. The molecule has 1 fully saturated rings. The van der Waals surface area contributed by atoms with E-state index in [1.807, 2.05) is 0 Å². The molecule has 0 radical (unpaired) electrons. The first-order valence-electron chi connectivity index (χ1n) is 5.51. The topological polar surface area (TPSA) is 127 Å². The van der Waals surface area contributed by atoms with Gasteiger partial charge in [-0.15, -0.1) is 11.3 Å². The van der Waals surface area contributed by atoms with Crippen molar-refractivity contribution in [2.45, 2.75) is 10.3 Å². The maximum atomic E-state index is 12.4. The highest BCUT2D eigenvalue weighted by atomic mass is 35.5. The summed E-state index contributed by atoms with van der Waals surface area (Å²) in [6.45, 7) is -0.386. The average Bonchev–Trinajstić information content (AvgIpc) is 2.81. The van der Waals surface area contributed by atoms with Crippen LogP contribution < -0.4 is 0 Å². The summed E-state index contributed by atoms with van der Waals surface area (Å²) in [4.78, 5) is 21.0. The van der Waals surface area contributed by atoms with Gasteiger partial charge in [-0.25, -0.2) is 8.42 Å². The summed E-state index contributed by atoms with van der Waals surface area (Å²) in [5.74, 6) is -1.35. The van der Waals surface area contributed by atoms with Gasteiger partial charge in [-0.3, -0.25) is 14.9 Å². The third-order valence-electron chi connectivity index (χ3n) is 2.77. The molecule has 12 heteroatoms. The number of carboxylic acid groups (broad SMARTS) is 1. The molecule has 0 aromatic carbocycles. The van der Waals surface area contributed by atoms with Gasteiger partial charge in [0.05, 0.1) is 18.1 Å². The van der Waals surface area contributed by atoms with Crippen molar-refractivity contribution in [2.75, 3.05) is 19.8 Å². The van der Waals surface area contributed by atoms with Crippen molar-refractivity contribution in [3.05, 3.63) is 20.5 Å². The van der Waals surface area contributed by atoms with Crippen molar-refractivity contribution >= 4 is 44.6 Å². The Morgan fingerprint density at radius 2 is 2.29 bits per heavy atom. The summed E-state index contributed by atoms with van der Waals surface area (Å²) in [7, 11) is -4.19. The highest BCUT2D eigenvalue weighted by molar-refractivity contribution is 7.91. The molecular formula is C9H9ClN2O7S2. The lowest BCUT2D eigenvalue weighted by Crippen LogP contribution is -2.52. The van der Waals surface area contributed by atoms with Crippen LogP contribution in [-0.2, 0) is 19.6 Å². The maximum Gasteiger partial charge on any atom is 0.324 e. The monoisotopic (exact) mass is 356 g/mol. The fourth-order valence-corrected chi connectivity index (χ4v) is 5.12. The van der Waals surface area contributed by atoms with Gasteiger partial charge >= 0.3 is 5.97 Å². The molecule has 9 nitrogen and oxygen atoms in total. The zero-order valence-electron chi connectivity index (χ0n) is 10.3. The molecule has 2 heterocycles. The molecule has 0 amide bonds. The van der Waals surface area contributed by atoms with Gasteiger partial charge in [0, 0.05) is 12.6 Å². The van der Waals surface area contributed by atoms with Gasteiger partial charge in [0.25, 0.3) is 15.7 Å². The number of carbonyl (C=O) groups is 1. The molecule has 1 aliphatic rings. The Kier molecular flexibility index (Phi) is 4.49. The van der Waals surface area contributed by atoms with Crippen LogP contribution in [0.5, 0.6) is 0 Å². The van der Waals surface area contributed by atoms with Crippen molar-refractivity contribution in [3.63, 3.8) is 0 Å². The first-order valence-corrected chi connectivity index (χ1v) is 8.14. The Labute approximate surface area is 127 Å². The van der Waals surface area contributed by atoms with Gasteiger partial charge in [-0.1, -0.05) is 11.6 Å². The summed E-state index contributed by atoms with van der Waals surface area (Å²) >= 11 is 6.15. The predicted molar refractivity (Wildman–Crippen MR) is 72.1 cm³/mol. The normalized spacial score (nSPS) is 20.3. The van der Waals surface area contributed by atoms with E-state index < -0.39 is 32.6 Å². The number of halogens is 1. The van der Waals surface area contributed by atoms with Crippen LogP contribution in [-0.4, -0.2) is 54.5 Å². The van der Waals surface area contributed by atoms with E-state index in [1.54, 1.807) is 0 Å². The third kappa shape index (κ3) is 3.01. The van der Waals surface area contributed by atoms with E-state index in [1.165, 1.54) is 0 Å². The van der Waals surface area contributed by atoms with Crippen LogP contribution in [0.4, 0.5) is 5.69 Å². The predicted octanol–water partition coefficient (Wildman–Crippen LogP) is 0.784. The first-order chi connectivity index (χ1) is 9.75. The highest BCUT2D eigenvalue weighted by Gasteiger charge is 2.40. The van der Waals surface area contributed by atoms with Crippen LogP contribution in [0, 0.1) is 10.1 Å². The number of carboxylic acids is 1. The number of hydrogen-bond acceptors (Lipinski definition) is 7. The second-order valence-corrected chi connectivity index (χ2v) is 7.80. The second kappa shape index (κ2) is 5.85. The molecular weight excluding hydrogens is 348 g/mol. The molecule has 0 saturated carbocycles. The van der Waals surface area contributed by atoms with Gasteiger partial charge in [-0.2, -0.15) is 4.31 Å². The largest absolute Gasteiger partial charge is 0.480 e. The Morgan fingerprint density at radius 1 is 1.62 bits per heavy atom. The number of ether oxygens (including phenoxy) is 1. The minimum Gasteiger partial charge on any atom is -0.480 e. The quantitative estimate of drug-likeness (QED) is 0.623. The summed E-state index contributed by atoms with van der Waals surface area (Å²) in [5, 5.41) is 19.8. The van der Waals surface area contributed by atoms with Gasteiger partial charge < -0.3 is 9.84 Å². The van der Waals surface area contributed by atoms with Crippen molar-refractivity contribution in [1.82, 2.24) is 4.31 Å². The summed E-state index contributed by atoms with van der Waals surface area (Å²) < 4.78 is 29.9. The van der Waals surface area contributed by atoms with Crippen LogP contribution in [0.2, 0.25) is 4.34 Å². The van der Waals surface area contributed by atoms with Crippen LogP contribution >= 0.6 is 22.9 Å². The fourth-order valence-electron chi connectivity index (χ4n) is 1.78. The van der Waals surface area contributed by atoms with E-state index in [9.17, 15) is 23.3 Å². The fraction of sp³-hybridized carbons (Fsp3) is 0.444. The lowest BCUT2D eigenvalue weighted by atomic mass is 10.3. The number of morpholine rings is 1. The summed E-state index contributed by atoms with van der Waals surface area (Å²) in [5.41, 5.74) is -0.527. The first kappa shape index (κ1) is 16.1. The number of nitro groups is 1. The van der Waals surface area contributed by atoms with E-state index in [0.717, 1.165) is 10.4 Å². The van der Waals surface area contributed by atoms with E-state index in [-0.39, 0.29) is 28.3 Å². The molecule has 1 N–H and O–H groups in total. The zero-order valence-corrected chi connectivity index (χ0v) is 12.7. The van der Waals surface area contributed by atoms with E-state index in [0.29, 0.717) is 11.3 Å². The number of sulfonamides is 1. The molecule has 21 heavy (non-hydrogen) atoms. The van der Waals surface area contributed by atoms with Crippen molar-refractivity contribution in [1.29, 1.82) is 0 Å². The number of nitrogens with zero attached hydrogens (tertiary/aromatic N) is 2. The molecule has 0 spiro atoms. The number of aliphatic carboxylic acids is 1. The smallest absolute Gasteiger partial charge is 0.324 e. The average molecular weight is 357 g/mol. The minimum atomic E-state index is -4.19. The van der Waals surface area contributed by atoms with E-state index in [4.69, 9.17) is 21.4 Å². The number of hydrogen-bond donors (Lipinski definition) is 1. The van der Waals surface area contributed by atoms with Gasteiger partial charge in [0.1, 0.15) is 10.3 Å². The molecule has 1 aromatic rings. The van der Waals surface area contributed by atoms with E-state index in [2.05, 4.69) is 0 Å². The molecule has 1 aliphatic heterocycles. The van der Waals surface area contributed by atoms with Crippen molar-refractivity contribution in [2.24, 2.45) is 0 Å².